The summed E-state index contributed by atoms with van der Waals surface area (Å²) in [5.41, 5.74) is 4.24. The van der Waals surface area contributed by atoms with Gasteiger partial charge in [0.15, 0.2) is 0 Å². The third-order valence-electron chi connectivity index (χ3n) is 8.78. The number of methoxy groups -OCH3 is 1. The number of carbonyl (C=O) groups is 3. The second-order valence-corrected chi connectivity index (χ2v) is 12.1. The second-order valence-electron chi connectivity index (χ2n) is 12.1. The molecule has 9 nitrogen and oxygen atoms in total. The first-order chi connectivity index (χ1) is 21.2. The summed E-state index contributed by atoms with van der Waals surface area (Å²) in [6.07, 6.45) is 5.91. The molecular weight excluding hydrogens is 558 g/mol. The molecule has 1 aromatic heterocycles. The third kappa shape index (κ3) is 5.50. The molecule has 0 unspecified atom stereocenters. The number of ether oxygens (including phenoxy) is 2. The minimum absolute atomic E-state index is 0.121. The monoisotopic (exact) mass is 595 g/mol. The van der Waals surface area contributed by atoms with E-state index in [1.807, 2.05) is 24.3 Å². The van der Waals surface area contributed by atoms with Crippen LogP contribution in [-0.2, 0) is 11.3 Å². The number of hydrogen-bond donors (Lipinski definition) is 3. The Morgan fingerprint density at radius 2 is 1.68 bits per heavy atom. The van der Waals surface area contributed by atoms with Crippen LogP contribution in [0.3, 0.4) is 0 Å². The van der Waals surface area contributed by atoms with Crippen molar-refractivity contribution in [1.29, 1.82) is 0 Å². The van der Waals surface area contributed by atoms with Gasteiger partial charge in [-0.3, -0.25) is 9.59 Å². The van der Waals surface area contributed by atoms with Crippen LogP contribution >= 0.6 is 0 Å². The lowest BCUT2D eigenvalue weighted by molar-refractivity contribution is -0.120. The van der Waals surface area contributed by atoms with E-state index >= 15 is 0 Å². The van der Waals surface area contributed by atoms with Crippen molar-refractivity contribution in [2.75, 3.05) is 19.0 Å². The fourth-order valence-electron chi connectivity index (χ4n) is 6.43. The lowest BCUT2D eigenvalue weighted by Crippen LogP contribution is -2.52. The number of carboxylic acid groups (broad SMARTS) is 1. The zero-order chi connectivity index (χ0) is 31.0. The SMILES string of the molecule is COc1ccc2c(c1)OCCn1c-2c(C2CCCCC2)c2ccc(C(=O)NC(C)(C)C(=O)Nc3ccc(C(=O)O)cc3)cc21. The van der Waals surface area contributed by atoms with Crippen LogP contribution in [0.4, 0.5) is 5.69 Å². The maximum atomic E-state index is 13.6. The van der Waals surface area contributed by atoms with Crippen LogP contribution in [0.5, 0.6) is 11.5 Å². The minimum atomic E-state index is -1.24. The molecule has 6 rings (SSSR count). The number of nitrogens with zero attached hydrogens (tertiary/aromatic N) is 1. The first kappa shape index (κ1) is 29.3. The van der Waals surface area contributed by atoms with E-state index in [9.17, 15) is 14.4 Å². The normalized spacial score (nSPS) is 15.0. The molecule has 0 radical (unpaired) electrons. The van der Waals surface area contributed by atoms with Crippen molar-refractivity contribution in [2.24, 2.45) is 0 Å². The molecule has 9 heteroatoms. The molecule has 4 aromatic rings. The topological polar surface area (TPSA) is 119 Å². The van der Waals surface area contributed by atoms with Crippen molar-refractivity contribution >= 4 is 34.4 Å². The Bertz CT molecular complexity index is 1750. The Morgan fingerprint density at radius 1 is 0.955 bits per heavy atom. The number of hydrogen-bond acceptors (Lipinski definition) is 5. The summed E-state index contributed by atoms with van der Waals surface area (Å²) < 4.78 is 14.0. The molecule has 0 saturated heterocycles. The molecule has 1 saturated carbocycles. The van der Waals surface area contributed by atoms with Gasteiger partial charge in [0, 0.05) is 33.8 Å². The lowest BCUT2D eigenvalue weighted by Gasteiger charge is -2.25. The minimum Gasteiger partial charge on any atom is -0.497 e. The summed E-state index contributed by atoms with van der Waals surface area (Å²) in [4.78, 5) is 37.9. The molecule has 44 heavy (non-hydrogen) atoms. The number of amides is 2. The van der Waals surface area contributed by atoms with E-state index in [0.29, 0.717) is 30.3 Å². The number of aromatic carboxylic acids is 1. The van der Waals surface area contributed by atoms with Gasteiger partial charge in [-0.1, -0.05) is 25.3 Å². The van der Waals surface area contributed by atoms with Crippen LogP contribution in [0.25, 0.3) is 22.2 Å². The maximum absolute atomic E-state index is 13.6. The summed E-state index contributed by atoms with van der Waals surface area (Å²) >= 11 is 0. The molecule has 0 spiro atoms. The zero-order valence-electron chi connectivity index (χ0n) is 25.2. The van der Waals surface area contributed by atoms with Crippen LogP contribution in [0.2, 0.25) is 0 Å². The van der Waals surface area contributed by atoms with E-state index in [-0.39, 0.29) is 11.5 Å². The van der Waals surface area contributed by atoms with Crippen molar-refractivity contribution in [2.45, 2.75) is 64.0 Å². The first-order valence-corrected chi connectivity index (χ1v) is 15.1. The van der Waals surface area contributed by atoms with Gasteiger partial charge in [0.1, 0.15) is 23.6 Å². The number of fused-ring (bicyclic) bond motifs is 5. The Morgan fingerprint density at radius 3 is 2.39 bits per heavy atom. The summed E-state index contributed by atoms with van der Waals surface area (Å²) in [7, 11) is 1.65. The van der Waals surface area contributed by atoms with E-state index in [2.05, 4.69) is 27.3 Å². The van der Waals surface area contributed by atoms with Crippen LogP contribution in [0.15, 0.2) is 60.7 Å². The number of aromatic nitrogens is 1. The van der Waals surface area contributed by atoms with Crippen molar-refractivity contribution in [1.82, 2.24) is 9.88 Å². The fourth-order valence-corrected chi connectivity index (χ4v) is 6.43. The fraction of sp³-hybridized carbons (Fsp3) is 0.343. The van der Waals surface area contributed by atoms with E-state index in [4.69, 9.17) is 14.6 Å². The van der Waals surface area contributed by atoms with Gasteiger partial charge in [0.25, 0.3) is 5.91 Å². The standard InChI is InChI=1S/C35H37N3O6/c1-35(2,34(42)36-24-12-9-22(10-13-24)33(40)41)37-32(39)23-11-15-26-28(19-23)38-17-18-44-29-20-25(43-3)14-16-27(29)31(38)30(26)21-7-5-4-6-8-21/h9-16,19-21H,4-8,17-18H2,1-3H3,(H,36,42)(H,37,39)(H,40,41). The Kier molecular flexibility index (Phi) is 7.80. The summed E-state index contributed by atoms with van der Waals surface area (Å²) in [5.74, 6) is 0.132. The number of nitrogens with one attached hydrogen (secondary N) is 2. The summed E-state index contributed by atoms with van der Waals surface area (Å²) in [6, 6.07) is 17.7. The highest BCUT2D eigenvalue weighted by Gasteiger charge is 2.32. The highest BCUT2D eigenvalue weighted by Crippen LogP contribution is 2.47. The summed E-state index contributed by atoms with van der Waals surface area (Å²) in [5, 5.41) is 15.9. The van der Waals surface area contributed by atoms with Crippen molar-refractivity contribution in [3.05, 3.63) is 77.4 Å². The number of carbonyl (C=O) groups excluding carboxylic acids is 2. The van der Waals surface area contributed by atoms with Gasteiger partial charge in [-0.15, -0.1) is 0 Å². The second kappa shape index (κ2) is 11.7. The largest absolute Gasteiger partial charge is 0.497 e. The van der Waals surface area contributed by atoms with E-state index in [1.165, 1.54) is 49.1 Å². The molecule has 1 aliphatic carbocycles. The van der Waals surface area contributed by atoms with Crippen LogP contribution in [-0.4, -0.2) is 46.7 Å². The van der Waals surface area contributed by atoms with Gasteiger partial charge in [-0.25, -0.2) is 4.79 Å². The smallest absolute Gasteiger partial charge is 0.335 e. The quantitative estimate of drug-likeness (QED) is 0.221. The van der Waals surface area contributed by atoms with Gasteiger partial charge in [-0.2, -0.15) is 0 Å². The molecule has 2 amide bonds. The molecular formula is C35H37N3O6. The van der Waals surface area contributed by atoms with Crippen molar-refractivity contribution in [3.63, 3.8) is 0 Å². The molecule has 0 atom stereocenters. The number of rotatable bonds is 7. The molecule has 228 valence electrons. The predicted molar refractivity (Wildman–Crippen MR) is 169 cm³/mol. The van der Waals surface area contributed by atoms with Crippen molar-refractivity contribution in [3.8, 4) is 22.8 Å². The maximum Gasteiger partial charge on any atom is 0.335 e. The zero-order valence-corrected chi connectivity index (χ0v) is 25.2. The van der Waals surface area contributed by atoms with Gasteiger partial charge >= 0.3 is 5.97 Å². The first-order valence-electron chi connectivity index (χ1n) is 15.1. The third-order valence-corrected chi connectivity index (χ3v) is 8.78. The number of anilines is 1. The number of carboxylic acids is 1. The molecule has 3 aromatic carbocycles. The molecule has 1 fully saturated rings. The Balaban J connectivity index is 1.33. The van der Waals surface area contributed by atoms with Crippen LogP contribution in [0, 0.1) is 0 Å². The van der Waals surface area contributed by atoms with Gasteiger partial charge < -0.3 is 29.8 Å². The van der Waals surface area contributed by atoms with E-state index in [1.54, 1.807) is 21.0 Å². The van der Waals surface area contributed by atoms with Gasteiger partial charge in [0.2, 0.25) is 5.91 Å². The molecule has 1 aliphatic heterocycles. The van der Waals surface area contributed by atoms with Gasteiger partial charge in [0.05, 0.1) is 24.9 Å². The molecule has 2 aliphatic rings. The molecule has 0 bridgehead atoms. The summed E-state index contributed by atoms with van der Waals surface area (Å²) in [6.45, 7) is 4.39. The average molecular weight is 596 g/mol. The highest BCUT2D eigenvalue weighted by atomic mass is 16.5. The number of benzene rings is 3. The molecule has 2 heterocycles. The van der Waals surface area contributed by atoms with Gasteiger partial charge in [-0.05, 0) is 86.7 Å². The van der Waals surface area contributed by atoms with Crippen molar-refractivity contribution < 1.29 is 29.0 Å². The molecule has 3 N–H and O–H groups in total. The Hall–Kier alpha value is -4.79. The van der Waals surface area contributed by atoms with Crippen LogP contribution < -0.4 is 20.1 Å². The van der Waals surface area contributed by atoms with E-state index in [0.717, 1.165) is 46.5 Å². The highest BCUT2D eigenvalue weighted by molar-refractivity contribution is 6.05. The average Bonchev–Trinajstić information content (AvgIpc) is 3.22. The Labute approximate surface area is 256 Å². The lowest BCUT2D eigenvalue weighted by atomic mass is 9.81. The van der Waals surface area contributed by atoms with E-state index < -0.39 is 17.4 Å². The predicted octanol–water partition coefficient (Wildman–Crippen LogP) is 6.60. The van der Waals surface area contributed by atoms with Crippen LogP contribution in [0.1, 0.15) is 78.1 Å².